The number of nitrogens with zero attached hydrogens (tertiary/aromatic N) is 1. The lowest BCUT2D eigenvalue weighted by atomic mass is 9.81. The monoisotopic (exact) mass is 388 g/mol. The average Bonchev–Trinajstić information content (AvgIpc) is 2.71. The van der Waals surface area contributed by atoms with Gasteiger partial charge >= 0.3 is 5.97 Å². The maximum atomic E-state index is 13.0. The van der Waals surface area contributed by atoms with Gasteiger partial charge < -0.3 is 29.9 Å². The third-order valence-corrected chi connectivity index (χ3v) is 5.83. The number of amides is 1. The maximum Gasteiger partial charge on any atom is 0.329 e. The van der Waals surface area contributed by atoms with E-state index in [1.165, 1.54) is 0 Å². The van der Waals surface area contributed by atoms with E-state index in [9.17, 15) is 19.8 Å². The number of rotatable bonds is 4. The van der Waals surface area contributed by atoms with Gasteiger partial charge in [-0.25, -0.2) is 4.79 Å². The van der Waals surface area contributed by atoms with Crippen molar-refractivity contribution in [2.24, 2.45) is 0 Å². The Morgan fingerprint density at radius 2 is 2.04 bits per heavy atom. The Balaban J connectivity index is 1.69. The van der Waals surface area contributed by atoms with Crippen molar-refractivity contribution < 1.29 is 29.3 Å². The van der Waals surface area contributed by atoms with Gasteiger partial charge in [0.05, 0.1) is 24.9 Å². The van der Waals surface area contributed by atoms with Gasteiger partial charge in [0, 0.05) is 5.56 Å². The molecule has 28 heavy (non-hydrogen) atoms. The van der Waals surface area contributed by atoms with Gasteiger partial charge in [0.2, 0.25) is 0 Å². The van der Waals surface area contributed by atoms with E-state index in [2.05, 4.69) is 5.32 Å². The fraction of sp³-hybridized carbons (Fsp3) is 0.500. The minimum absolute atomic E-state index is 0.136. The molecule has 1 aromatic rings. The van der Waals surface area contributed by atoms with Crippen molar-refractivity contribution in [3.8, 4) is 11.5 Å². The van der Waals surface area contributed by atoms with Gasteiger partial charge in [-0.3, -0.25) is 4.79 Å². The van der Waals surface area contributed by atoms with Crippen LogP contribution in [0.1, 0.15) is 37.7 Å². The number of nitrogens with one attached hydrogen (secondary N) is 1. The SMILES string of the molecule is COc1ccc2c3c1OCCN3C(O)C(C(=O)NC1(C(=O)O)CCCCC1)=C2. The van der Waals surface area contributed by atoms with Crippen molar-refractivity contribution in [2.45, 2.75) is 43.9 Å². The highest BCUT2D eigenvalue weighted by atomic mass is 16.5. The molecule has 1 aliphatic carbocycles. The number of methoxy groups -OCH3 is 1. The number of benzene rings is 1. The molecule has 3 aliphatic rings. The highest BCUT2D eigenvalue weighted by molar-refractivity contribution is 6.04. The van der Waals surface area contributed by atoms with E-state index >= 15 is 0 Å². The molecule has 8 nitrogen and oxygen atoms in total. The fourth-order valence-corrected chi connectivity index (χ4v) is 4.31. The van der Waals surface area contributed by atoms with Gasteiger partial charge in [0.15, 0.2) is 17.7 Å². The summed E-state index contributed by atoms with van der Waals surface area (Å²) >= 11 is 0. The number of hydrogen-bond donors (Lipinski definition) is 3. The molecule has 0 radical (unpaired) electrons. The molecule has 3 N–H and O–H groups in total. The van der Waals surface area contributed by atoms with Crippen LogP contribution >= 0.6 is 0 Å². The normalized spacial score (nSPS) is 22.4. The lowest BCUT2D eigenvalue weighted by molar-refractivity contribution is -0.148. The molecule has 1 amide bonds. The number of aliphatic carboxylic acids is 1. The predicted molar refractivity (Wildman–Crippen MR) is 101 cm³/mol. The second kappa shape index (κ2) is 7.01. The summed E-state index contributed by atoms with van der Waals surface area (Å²) in [6, 6.07) is 3.55. The standard InChI is InChI=1S/C20H24N2O6/c1-27-14-6-5-12-11-13(18(24)22-9-10-28-16(14)15(12)22)17(23)21-20(19(25)26)7-3-2-4-8-20/h5-6,11,18,24H,2-4,7-10H2,1H3,(H,21,23)(H,25,26). The molecule has 0 spiro atoms. The van der Waals surface area contributed by atoms with Crippen LogP contribution in [0.15, 0.2) is 17.7 Å². The van der Waals surface area contributed by atoms with Crippen LogP contribution in [-0.2, 0) is 9.59 Å². The topological polar surface area (TPSA) is 108 Å². The van der Waals surface area contributed by atoms with E-state index in [1.54, 1.807) is 30.2 Å². The molecule has 0 aromatic heterocycles. The highest BCUT2D eigenvalue weighted by Gasteiger charge is 2.43. The van der Waals surface area contributed by atoms with Gasteiger partial charge in [-0.2, -0.15) is 0 Å². The minimum atomic E-state index is -1.27. The molecule has 150 valence electrons. The first-order valence-electron chi connectivity index (χ1n) is 9.53. The van der Waals surface area contributed by atoms with Crippen LogP contribution < -0.4 is 19.7 Å². The Morgan fingerprint density at radius 1 is 1.29 bits per heavy atom. The molecule has 2 heterocycles. The van der Waals surface area contributed by atoms with Crippen LogP contribution in [0.2, 0.25) is 0 Å². The number of carbonyl (C=O) groups excluding carboxylic acids is 1. The molecular weight excluding hydrogens is 364 g/mol. The summed E-state index contributed by atoms with van der Waals surface area (Å²) in [5.41, 5.74) is 0.266. The van der Waals surface area contributed by atoms with Crippen LogP contribution in [0.25, 0.3) is 6.08 Å². The minimum Gasteiger partial charge on any atom is -0.493 e. The predicted octanol–water partition coefficient (Wildman–Crippen LogP) is 1.51. The average molecular weight is 388 g/mol. The molecular formula is C20H24N2O6. The molecule has 2 aliphatic heterocycles. The van der Waals surface area contributed by atoms with E-state index in [0.717, 1.165) is 24.8 Å². The molecule has 8 heteroatoms. The van der Waals surface area contributed by atoms with Crippen LogP contribution in [-0.4, -0.2) is 54.1 Å². The summed E-state index contributed by atoms with van der Waals surface area (Å²) in [5.74, 6) is -0.476. The first-order chi connectivity index (χ1) is 13.5. The number of carboxylic acid groups (broad SMARTS) is 1. The zero-order valence-electron chi connectivity index (χ0n) is 15.7. The van der Waals surface area contributed by atoms with Crippen molar-refractivity contribution >= 4 is 23.6 Å². The molecule has 1 saturated carbocycles. The Hall–Kier alpha value is -2.74. The number of aliphatic hydroxyl groups is 1. The summed E-state index contributed by atoms with van der Waals surface area (Å²) in [6.07, 6.45) is 3.67. The molecule has 4 rings (SSSR count). The van der Waals surface area contributed by atoms with Gasteiger partial charge in [-0.1, -0.05) is 19.3 Å². The van der Waals surface area contributed by atoms with Crippen molar-refractivity contribution in [1.82, 2.24) is 5.32 Å². The first-order valence-corrected chi connectivity index (χ1v) is 9.53. The van der Waals surface area contributed by atoms with E-state index < -0.39 is 23.6 Å². The molecule has 1 atom stereocenters. The first kappa shape index (κ1) is 18.6. The summed E-state index contributed by atoms with van der Waals surface area (Å²) in [6.45, 7) is 0.751. The largest absolute Gasteiger partial charge is 0.493 e. The molecule has 0 bridgehead atoms. The van der Waals surface area contributed by atoms with Crippen molar-refractivity contribution in [1.29, 1.82) is 0 Å². The summed E-state index contributed by atoms with van der Waals surface area (Å²) in [5, 5.41) is 23.3. The maximum absolute atomic E-state index is 13.0. The smallest absolute Gasteiger partial charge is 0.329 e. The summed E-state index contributed by atoms with van der Waals surface area (Å²) in [7, 11) is 1.55. The van der Waals surface area contributed by atoms with Crippen LogP contribution in [0.5, 0.6) is 11.5 Å². The number of ether oxygens (including phenoxy) is 2. The zero-order valence-corrected chi connectivity index (χ0v) is 15.7. The third-order valence-electron chi connectivity index (χ3n) is 5.83. The van der Waals surface area contributed by atoms with E-state index in [-0.39, 0.29) is 5.57 Å². The molecule has 1 fully saturated rings. The third kappa shape index (κ3) is 2.88. The molecule has 1 aromatic carbocycles. The quantitative estimate of drug-likeness (QED) is 0.717. The number of hydrogen-bond acceptors (Lipinski definition) is 6. The summed E-state index contributed by atoms with van der Waals surface area (Å²) < 4.78 is 11.1. The van der Waals surface area contributed by atoms with Crippen LogP contribution in [0, 0.1) is 0 Å². The van der Waals surface area contributed by atoms with Gasteiger partial charge in [-0.15, -0.1) is 0 Å². The number of carbonyl (C=O) groups is 2. The number of carboxylic acids is 1. The zero-order chi connectivity index (χ0) is 19.9. The van der Waals surface area contributed by atoms with Gasteiger partial charge in [-0.05, 0) is 31.1 Å². The lowest BCUT2D eigenvalue weighted by Gasteiger charge is -2.41. The number of aliphatic hydroxyl groups excluding tert-OH is 1. The highest BCUT2D eigenvalue weighted by Crippen LogP contribution is 2.46. The number of anilines is 1. The van der Waals surface area contributed by atoms with E-state index in [1.807, 2.05) is 0 Å². The fourth-order valence-electron chi connectivity index (χ4n) is 4.31. The van der Waals surface area contributed by atoms with E-state index in [0.29, 0.717) is 43.2 Å². The Labute approximate surface area is 162 Å². The van der Waals surface area contributed by atoms with Crippen molar-refractivity contribution in [3.05, 3.63) is 23.3 Å². The van der Waals surface area contributed by atoms with Crippen molar-refractivity contribution in [2.75, 3.05) is 25.2 Å². The van der Waals surface area contributed by atoms with Crippen LogP contribution in [0.4, 0.5) is 5.69 Å². The Kier molecular flexibility index (Phi) is 4.66. The van der Waals surface area contributed by atoms with E-state index in [4.69, 9.17) is 9.47 Å². The van der Waals surface area contributed by atoms with Gasteiger partial charge in [0.25, 0.3) is 5.91 Å². The van der Waals surface area contributed by atoms with Crippen LogP contribution in [0.3, 0.4) is 0 Å². The second-order valence-corrected chi connectivity index (χ2v) is 7.45. The summed E-state index contributed by atoms with van der Waals surface area (Å²) in [4.78, 5) is 26.6. The van der Waals surface area contributed by atoms with Crippen molar-refractivity contribution in [3.63, 3.8) is 0 Å². The Morgan fingerprint density at radius 3 is 2.71 bits per heavy atom. The van der Waals surface area contributed by atoms with Gasteiger partial charge in [0.1, 0.15) is 12.1 Å². The molecule has 0 saturated heterocycles. The Bertz CT molecular complexity index is 843. The molecule has 1 unspecified atom stereocenters. The second-order valence-electron chi connectivity index (χ2n) is 7.45. The lowest BCUT2D eigenvalue weighted by Crippen LogP contribution is -2.57.